The van der Waals surface area contributed by atoms with Crippen LogP contribution in [0, 0.1) is 11.3 Å². The van der Waals surface area contributed by atoms with Crippen molar-refractivity contribution in [2.24, 2.45) is 0 Å². The van der Waals surface area contributed by atoms with Gasteiger partial charge in [-0.15, -0.1) is 0 Å². The Hall–Kier alpha value is -1.48. The normalized spacial score (nSPS) is 10.0. The van der Waals surface area contributed by atoms with E-state index in [1.165, 1.54) is 31.4 Å². The maximum absolute atomic E-state index is 10.5. The van der Waals surface area contributed by atoms with Gasteiger partial charge in [-0.1, -0.05) is 0 Å². The number of ether oxygens (including phenoxy) is 1. The third-order valence-corrected chi connectivity index (χ3v) is 1.86. The Bertz CT molecular complexity index is 491. The summed E-state index contributed by atoms with van der Waals surface area (Å²) in [5.74, 6) is -1.30. The largest absolute Gasteiger partial charge is 1.00 e. The number of carbonyl (C=O) groups is 1. The monoisotopic (exact) mass is 241 g/mol. The van der Waals surface area contributed by atoms with Crippen molar-refractivity contribution < 1.29 is 49.3 Å². The first-order chi connectivity index (χ1) is 7.58. The summed E-state index contributed by atoms with van der Waals surface area (Å²) in [6.07, 6.45) is 1.12. The topological polar surface area (TPSA) is 93.4 Å². The van der Waals surface area contributed by atoms with Gasteiger partial charge in [0, 0.05) is 11.6 Å². The first kappa shape index (κ1) is 15.5. The molecule has 0 amide bonds. The minimum atomic E-state index is -1.56. The van der Waals surface area contributed by atoms with Gasteiger partial charge in [-0.05, 0) is 18.2 Å². The van der Waals surface area contributed by atoms with Gasteiger partial charge in [0.1, 0.15) is 17.6 Å². The molecule has 0 aromatic heterocycles. The van der Waals surface area contributed by atoms with Gasteiger partial charge < -0.3 is 19.7 Å². The van der Waals surface area contributed by atoms with Crippen molar-refractivity contribution in [3.8, 4) is 17.6 Å². The van der Waals surface area contributed by atoms with E-state index >= 15 is 0 Å². The molecule has 0 fully saturated rings. The number of rotatable bonds is 3. The van der Waals surface area contributed by atoms with E-state index in [2.05, 4.69) is 0 Å². The van der Waals surface area contributed by atoms with E-state index in [0.717, 1.165) is 6.08 Å². The van der Waals surface area contributed by atoms with Crippen LogP contribution in [0.3, 0.4) is 0 Å². The number of aliphatic carboxylic acids is 1. The number of phenols is 1. The summed E-state index contributed by atoms with van der Waals surface area (Å²) < 4.78 is 4.92. The average molecular weight is 241 g/mol. The number of hydrogen-bond acceptors (Lipinski definition) is 5. The number of carbonyl (C=O) groups excluding carboxylic acids is 1. The smallest absolute Gasteiger partial charge is 0.544 e. The van der Waals surface area contributed by atoms with E-state index in [9.17, 15) is 15.0 Å². The van der Waals surface area contributed by atoms with Crippen LogP contribution in [0.5, 0.6) is 11.5 Å². The predicted molar refractivity (Wildman–Crippen MR) is 53.3 cm³/mol. The fourth-order valence-electron chi connectivity index (χ4n) is 1.11. The summed E-state index contributed by atoms with van der Waals surface area (Å²) in [6, 6.07) is 5.61. The van der Waals surface area contributed by atoms with Crippen molar-refractivity contribution in [2.45, 2.75) is 0 Å². The molecule has 0 bridgehead atoms. The molecule has 0 saturated carbocycles. The van der Waals surface area contributed by atoms with Gasteiger partial charge in [0.05, 0.1) is 18.7 Å². The molecule has 1 rings (SSSR count). The molecule has 0 aliphatic carbocycles. The van der Waals surface area contributed by atoms with Crippen molar-refractivity contribution in [3.63, 3.8) is 0 Å². The molecule has 0 atom stereocenters. The van der Waals surface area contributed by atoms with Crippen molar-refractivity contribution in [3.05, 3.63) is 29.3 Å². The van der Waals surface area contributed by atoms with Gasteiger partial charge in [0.2, 0.25) is 0 Å². The van der Waals surface area contributed by atoms with E-state index in [-0.39, 0.29) is 41.1 Å². The quantitative estimate of drug-likeness (QED) is 0.347. The van der Waals surface area contributed by atoms with Crippen LogP contribution >= 0.6 is 0 Å². The van der Waals surface area contributed by atoms with Crippen LogP contribution in [0.15, 0.2) is 23.8 Å². The molecule has 5 nitrogen and oxygen atoms in total. The number of benzene rings is 1. The van der Waals surface area contributed by atoms with Crippen LogP contribution in [-0.4, -0.2) is 18.2 Å². The molecule has 6 heteroatoms. The summed E-state index contributed by atoms with van der Waals surface area (Å²) in [5.41, 5.74) is -0.134. The Morgan fingerprint density at radius 1 is 1.59 bits per heavy atom. The Labute approximate surface area is 120 Å². The number of methoxy groups -OCH3 is 1. The van der Waals surface area contributed by atoms with Crippen molar-refractivity contribution in [1.82, 2.24) is 0 Å². The molecule has 17 heavy (non-hydrogen) atoms. The fourth-order valence-corrected chi connectivity index (χ4v) is 1.11. The van der Waals surface area contributed by atoms with E-state index in [1.807, 2.05) is 0 Å². The molecular weight excluding hydrogens is 233 g/mol. The number of carboxylic acids is 1. The van der Waals surface area contributed by atoms with Crippen LogP contribution in [-0.2, 0) is 4.79 Å². The molecule has 1 aromatic carbocycles. The molecule has 0 unspecified atom stereocenters. The van der Waals surface area contributed by atoms with E-state index in [1.54, 1.807) is 0 Å². The summed E-state index contributed by atoms with van der Waals surface area (Å²) in [4.78, 5) is 10.5. The van der Waals surface area contributed by atoms with E-state index in [0.29, 0.717) is 5.56 Å². The van der Waals surface area contributed by atoms with Gasteiger partial charge in [-0.3, -0.25) is 0 Å². The molecule has 1 aromatic rings. The first-order valence-corrected chi connectivity index (χ1v) is 4.28. The van der Waals surface area contributed by atoms with Gasteiger partial charge >= 0.3 is 29.6 Å². The zero-order valence-corrected chi connectivity index (χ0v) is 11.4. The maximum Gasteiger partial charge on any atom is 1.00 e. The van der Waals surface area contributed by atoms with Crippen molar-refractivity contribution >= 4 is 12.0 Å². The summed E-state index contributed by atoms with van der Waals surface area (Å²) in [6.45, 7) is 0. The Morgan fingerprint density at radius 3 is 2.71 bits per heavy atom. The third-order valence-electron chi connectivity index (χ3n) is 1.86. The third kappa shape index (κ3) is 4.11. The SMILES string of the molecule is COc1cc(O)ccc1/C=C(\C#N)C(=O)[O-].[Na+]. The van der Waals surface area contributed by atoms with Gasteiger partial charge in [0.25, 0.3) is 0 Å². The second kappa shape index (κ2) is 6.97. The molecule has 0 heterocycles. The zero-order valence-electron chi connectivity index (χ0n) is 9.43. The van der Waals surface area contributed by atoms with Crippen LogP contribution in [0.25, 0.3) is 6.08 Å². The maximum atomic E-state index is 10.5. The molecular formula is C11H8NNaO4. The van der Waals surface area contributed by atoms with Crippen molar-refractivity contribution in [2.75, 3.05) is 7.11 Å². The summed E-state index contributed by atoms with van der Waals surface area (Å²) in [7, 11) is 1.37. The number of nitrogens with zero attached hydrogens (tertiary/aromatic N) is 1. The number of phenolic OH excluding ortho intramolecular Hbond substituents is 1. The number of aromatic hydroxyl groups is 1. The number of nitriles is 1. The van der Waals surface area contributed by atoms with E-state index < -0.39 is 11.5 Å². The molecule has 0 radical (unpaired) electrons. The second-order valence-corrected chi connectivity index (χ2v) is 2.88. The Kier molecular flexibility index (Phi) is 6.36. The van der Waals surface area contributed by atoms with Crippen LogP contribution in [0.1, 0.15) is 5.56 Å². The first-order valence-electron chi connectivity index (χ1n) is 4.28. The molecule has 0 aliphatic heterocycles. The Morgan fingerprint density at radius 2 is 2.24 bits per heavy atom. The summed E-state index contributed by atoms with van der Waals surface area (Å²) >= 11 is 0. The molecule has 1 N–H and O–H groups in total. The van der Waals surface area contributed by atoms with Gasteiger partial charge in [-0.25, -0.2) is 0 Å². The van der Waals surface area contributed by atoms with Crippen LogP contribution < -0.4 is 39.4 Å². The van der Waals surface area contributed by atoms with Crippen LogP contribution in [0.4, 0.5) is 0 Å². The average Bonchev–Trinajstić information content (AvgIpc) is 2.26. The van der Waals surface area contributed by atoms with Gasteiger partial charge in [0.15, 0.2) is 0 Å². The molecule has 0 saturated heterocycles. The molecule has 0 aliphatic rings. The predicted octanol–water partition coefficient (Wildman–Crippen LogP) is -2.94. The second-order valence-electron chi connectivity index (χ2n) is 2.88. The van der Waals surface area contributed by atoms with Crippen LogP contribution in [0.2, 0.25) is 0 Å². The number of hydrogen-bond donors (Lipinski definition) is 1. The summed E-state index contributed by atoms with van der Waals surface area (Å²) in [5, 5.41) is 28.2. The number of carboxylic acid groups (broad SMARTS) is 1. The standard InChI is InChI=1S/C11H9NO4.Na/c1-16-10-5-9(13)3-2-7(10)4-8(6-12)11(14)15;/h2-5,13H,1H3,(H,14,15);/q;+1/p-1/b8-4+;. The fraction of sp³-hybridized carbons (Fsp3) is 0.0909. The zero-order chi connectivity index (χ0) is 12.1. The van der Waals surface area contributed by atoms with Gasteiger partial charge in [-0.2, -0.15) is 5.26 Å². The minimum absolute atomic E-state index is 0. The minimum Gasteiger partial charge on any atom is -0.544 e. The Balaban J connectivity index is 0.00000256. The molecule has 0 spiro atoms. The molecule has 82 valence electrons. The van der Waals surface area contributed by atoms with Crippen molar-refractivity contribution in [1.29, 1.82) is 5.26 Å². The van der Waals surface area contributed by atoms with E-state index in [4.69, 9.17) is 10.00 Å².